The number of nitrogens with zero attached hydrogens (tertiary/aromatic N) is 2. The van der Waals surface area contributed by atoms with E-state index in [2.05, 4.69) is 16.8 Å². The Bertz CT molecular complexity index is 454. The van der Waals surface area contributed by atoms with Gasteiger partial charge in [-0.3, -0.25) is 4.79 Å². The molecule has 0 radical (unpaired) electrons. The van der Waals surface area contributed by atoms with Crippen molar-refractivity contribution in [1.82, 2.24) is 9.80 Å². The van der Waals surface area contributed by atoms with E-state index in [0.717, 1.165) is 25.2 Å². The van der Waals surface area contributed by atoms with E-state index in [1.807, 2.05) is 31.2 Å². The second kappa shape index (κ2) is 4.39. The molecule has 3 heteroatoms. The Labute approximate surface area is 108 Å². The minimum absolute atomic E-state index is 0.206. The maximum absolute atomic E-state index is 12.5. The fourth-order valence-corrected chi connectivity index (χ4v) is 3.30. The van der Waals surface area contributed by atoms with Crippen LogP contribution in [0.25, 0.3) is 0 Å². The van der Waals surface area contributed by atoms with Crippen LogP contribution in [0.2, 0.25) is 0 Å². The molecule has 18 heavy (non-hydrogen) atoms. The van der Waals surface area contributed by atoms with Crippen LogP contribution in [0.1, 0.15) is 22.3 Å². The number of carbonyl (C=O) groups is 1. The van der Waals surface area contributed by atoms with Gasteiger partial charge in [-0.1, -0.05) is 17.7 Å². The molecule has 3 nitrogen and oxygen atoms in total. The number of likely N-dealkylation sites (tertiary alicyclic amines) is 2. The number of aryl methyl sites for hydroxylation is 1. The van der Waals surface area contributed by atoms with E-state index in [9.17, 15) is 4.79 Å². The summed E-state index contributed by atoms with van der Waals surface area (Å²) in [5.41, 5.74) is 2.03. The highest BCUT2D eigenvalue weighted by Crippen LogP contribution is 2.30. The van der Waals surface area contributed by atoms with Crippen molar-refractivity contribution < 1.29 is 4.79 Å². The third-order valence-corrected chi connectivity index (χ3v) is 4.15. The number of amides is 1. The van der Waals surface area contributed by atoms with Crippen LogP contribution in [0.4, 0.5) is 0 Å². The zero-order chi connectivity index (χ0) is 12.7. The Hall–Kier alpha value is -1.35. The molecule has 1 aromatic carbocycles. The zero-order valence-corrected chi connectivity index (χ0v) is 11.1. The molecule has 1 amide bonds. The van der Waals surface area contributed by atoms with Gasteiger partial charge in [0.25, 0.3) is 5.91 Å². The normalized spacial score (nSPS) is 27.6. The molecule has 0 aromatic heterocycles. The van der Waals surface area contributed by atoms with Crippen LogP contribution in [0.3, 0.4) is 0 Å². The molecule has 2 unspecified atom stereocenters. The maximum Gasteiger partial charge on any atom is 0.254 e. The van der Waals surface area contributed by atoms with Crippen LogP contribution in [-0.4, -0.2) is 48.4 Å². The predicted molar refractivity (Wildman–Crippen MR) is 71.6 cm³/mol. The minimum atomic E-state index is 0.206. The summed E-state index contributed by atoms with van der Waals surface area (Å²) >= 11 is 0. The summed E-state index contributed by atoms with van der Waals surface area (Å²) in [6.45, 7) is 5.13. The van der Waals surface area contributed by atoms with E-state index in [1.165, 1.54) is 12.0 Å². The van der Waals surface area contributed by atoms with Gasteiger partial charge in [-0.15, -0.1) is 0 Å². The Kier molecular flexibility index (Phi) is 2.86. The highest BCUT2D eigenvalue weighted by molar-refractivity contribution is 5.94. The van der Waals surface area contributed by atoms with Gasteiger partial charge in [-0.25, -0.2) is 0 Å². The topological polar surface area (TPSA) is 23.6 Å². The van der Waals surface area contributed by atoms with Crippen molar-refractivity contribution in [1.29, 1.82) is 0 Å². The SMILES string of the molecule is Cc1ccc(C(=O)N2CC3CC2CN(C)C3)cc1. The smallest absolute Gasteiger partial charge is 0.254 e. The predicted octanol–water partition coefficient (Wildman–Crippen LogP) is 1.77. The summed E-state index contributed by atoms with van der Waals surface area (Å²) in [6, 6.07) is 8.35. The number of piperidine rings is 1. The molecule has 2 bridgehead atoms. The highest BCUT2D eigenvalue weighted by atomic mass is 16.2. The molecule has 3 rings (SSSR count). The van der Waals surface area contributed by atoms with Gasteiger partial charge in [-0.05, 0) is 38.4 Å². The van der Waals surface area contributed by atoms with Gasteiger partial charge in [0.05, 0.1) is 0 Å². The third kappa shape index (κ3) is 2.03. The van der Waals surface area contributed by atoms with Crippen molar-refractivity contribution in [2.24, 2.45) is 5.92 Å². The van der Waals surface area contributed by atoms with Crippen molar-refractivity contribution in [3.8, 4) is 0 Å². The fraction of sp³-hybridized carbons (Fsp3) is 0.533. The number of rotatable bonds is 1. The van der Waals surface area contributed by atoms with Gasteiger partial charge < -0.3 is 9.80 Å². The summed E-state index contributed by atoms with van der Waals surface area (Å²) in [6.07, 6.45) is 1.18. The van der Waals surface area contributed by atoms with Crippen molar-refractivity contribution in [2.75, 3.05) is 26.7 Å². The van der Waals surface area contributed by atoms with Crippen molar-refractivity contribution in [3.05, 3.63) is 35.4 Å². The van der Waals surface area contributed by atoms with Crippen LogP contribution in [0, 0.1) is 12.8 Å². The molecular formula is C15H20N2O. The van der Waals surface area contributed by atoms with Gasteiger partial charge in [0, 0.05) is 31.2 Å². The third-order valence-electron chi connectivity index (χ3n) is 4.15. The standard InChI is InChI=1S/C15H20N2O/c1-11-3-5-13(6-4-11)15(18)17-9-12-7-14(17)10-16(2)8-12/h3-6,12,14H,7-10H2,1-2H3. The summed E-state index contributed by atoms with van der Waals surface area (Å²) in [4.78, 5) is 16.9. The first kappa shape index (κ1) is 11.7. The van der Waals surface area contributed by atoms with Crippen molar-refractivity contribution >= 4 is 5.91 Å². The fourth-order valence-electron chi connectivity index (χ4n) is 3.30. The molecular weight excluding hydrogens is 224 g/mol. The van der Waals surface area contributed by atoms with Gasteiger partial charge >= 0.3 is 0 Å². The molecule has 0 aliphatic carbocycles. The first-order valence-corrected chi connectivity index (χ1v) is 6.69. The second-order valence-corrected chi connectivity index (χ2v) is 5.80. The molecule has 2 atom stereocenters. The molecule has 2 heterocycles. The summed E-state index contributed by atoms with van der Waals surface area (Å²) in [5.74, 6) is 0.876. The van der Waals surface area contributed by atoms with Crippen molar-refractivity contribution in [2.45, 2.75) is 19.4 Å². The molecule has 1 aromatic rings. The van der Waals surface area contributed by atoms with Crippen molar-refractivity contribution in [3.63, 3.8) is 0 Å². The van der Waals surface area contributed by atoms with E-state index in [0.29, 0.717) is 12.0 Å². The monoisotopic (exact) mass is 244 g/mol. The van der Waals surface area contributed by atoms with Crippen LogP contribution in [0.15, 0.2) is 24.3 Å². The largest absolute Gasteiger partial charge is 0.334 e. The molecule has 0 N–H and O–H groups in total. The van der Waals surface area contributed by atoms with Gasteiger partial charge in [0.15, 0.2) is 0 Å². The molecule has 2 saturated heterocycles. The molecule has 2 aliphatic heterocycles. The zero-order valence-electron chi connectivity index (χ0n) is 11.1. The lowest BCUT2D eigenvalue weighted by atomic mass is 10.0. The van der Waals surface area contributed by atoms with Gasteiger partial charge in [0.2, 0.25) is 0 Å². The summed E-state index contributed by atoms with van der Waals surface area (Å²) < 4.78 is 0. The number of hydrogen-bond acceptors (Lipinski definition) is 2. The van der Waals surface area contributed by atoms with Crippen LogP contribution >= 0.6 is 0 Å². The van der Waals surface area contributed by atoms with E-state index in [4.69, 9.17) is 0 Å². The lowest BCUT2D eigenvalue weighted by molar-refractivity contribution is 0.0722. The Balaban J connectivity index is 1.79. The number of fused-ring (bicyclic) bond motifs is 2. The van der Waals surface area contributed by atoms with Crippen LogP contribution in [-0.2, 0) is 0 Å². The minimum Gasteiger partial charge on any atom is -0.334 e. The van der Waals surface area contributed by atoms with Crippen LogP contribution < -0.4 is 0 Å². The summed E-state index contributed by atoms with van der Waals surface area (Å²) in [7, 11) is 2.15. The quantitative estimate of drug-likeness (QED) is 0.751. The molecule has 2 aliphatic rings. The molecule has 0 saturated carbocycles. The Morgan fingerprint density at radius 2 is 1.89 bits per heavy atom. The first-order chi connectivity index (χ1) is 8.63. The van der Waals surface area contributed by atoms with E-state index >= 15 is 0 Å². The Morgan fingerprint density at radius 3 is 2.61 bits per heavy atom. The first-order valence-electron chi connectivity index (χ1n) is 6.69. The number of benzene rings is 1. The number of hydrogen-bond donors (Lipinski definition) is 0. The average Bonchev–Trinajstić information content (AvgIpc) is 2.65. The number of likely N-dealkylation sites (N-methyl/N-ethyl adjacent to an activating group) is 1. The summed E-state index contributed by atoms with van der Waals surface area (Å²) in [5, 5.41) is 0. The van der Waals surface area contributed by atoms with E-state index in [-0.39, 0.29) is 5.91 Å². The maximum atomic E-state index is 12.5. The van der Waals surface area contributed by atoms with Crippen LogP contribution in [0.5, 0.6) is 0 Å². The van der Waals surface area contributed by atoms with Gasteiger partial charge in [0.1, 0.15) is 0 Å². The van der Waals surface area contributed by atoms with E-state index < -0.39 is 0 Å². The second-order valence-electron chi connectivity index (χ2n) is 5.80. The molecule has 0 spiro atoms. The van der Waals surface area contributed by atoms with E-state index in [1.54, 1.807) is 0 Å². The van der Waals surface area contributed by atoms with Gasteiger partial charge in [-0.2, -0.15) is 0 Å². The average molecular weight is 244 g/mol. The lowest BCUT2D eigenvalue weighted by Crippen LogP contribution is -2.42. The number of carbonyl (C=O) groups excluding carboxylic acids is 1. The lowest BCUT2D eigenvalue weighted by Gasteiger charge is -2.29. The highest BCUT2D eigenvalue weighted by Gasteiger charge is 2.39. The molecule has 2 fully saturated rings. The molecule has 96 valence electrons. The Morgan fingerprint density at radius 1 is 1.17 bits per heavy atom.